The van der Waals surface area contributed by atoms with Gasteiger partial charge in [0, 0.05) is 20.0 Å². The summed E-state index contributed by atoms with van der Waals surface area (Å²) < 4.78 is 4.94. The van der Waals surface area contributed by atoms with Crippen molar-refractivity contribution in [3.63, 3.8) is 0 Å². The Labute approximate surface area is 93.4 Å². The third-order valence-corrected chi connectivity index (χ3v) is 1.96. The van der Waals surface area contributed by atoms with Crippen molar-refractivity contribution in [1.82, 2.24) is 15.3 Å². The van der Waals surface area contributed by atoms with Crippen molar-refractivity contribution in [2.45, 2.75) is 6.42 Å². The molecule has 16 heavy (non-hydrogen) atoms. The molecule has 7 heteroatoms. The summed E-state index contributed by atoms with van der Waals surface area (Å²) in [5.74, 6) is 0.736. The number of ether oxygens (including phenoxy) is 1. The highest BCUT2D eigenvalue weighted by atomic mass is 16.5. The molecule has 88 valence electrons. The van der Waals surface area contributed by atoms with Crippen LogP contribution in [0.1, 0.15) is 6.42 Å². The number of aromatic nitrogens is 2. The first-order valence-electron chi connectivity index (χ1n) is 4.78. The van der Waals surface area contributed by atoms with E-state index < -0.39 is 0 Å². The Bertz CT molecular complexity index is 369. The molecule has 4 N–H and O–H groups in total. The number of hydrogen-bond acceptors (Lipinski definition) is 6. The number of carbonyl (C=O) groups excluding carboxylic acids is 1. The summed E-state index contributed by atoms with van der Waals surface area (Å²) >= 11 is 0. The van der Waals surface area contributed by atoms with E-state index in [9.17, 15) is 4.79 Å². The zero-order valence-corrected chi connectivity index (χ0v) is 9.28. The van der Waals surface area contributed by atoms with Crippen LogP contribution in [-0.2, 0) is 4.79 Å². The molecule has 0 unspecified atom stereocenters. The van der Waals surface area contributed by atoms with Crippen LogP contribution >= 0.6 is 0 Å². The summed E-state index contributed by atoms with van der Waals surface area (Å²) in [4.78, 5) is 18.8. The molecule has 0 bridgehead atoms. The van der Waals surface area contributed by atoms with Gasteiger partial charge in [-0.05, 0) is 0 Å². The molecule has 0 atom stereocenters. The lowest BCUT2D eigenvalue weighted by molar-refractivity contribution is -0.120. The first-order chi connectivity index (χ1) is 7.69. The lowest BCUT2D eigenvalue weighted by atomic mass is 10.4. The van der Waals surface area contributed by atoms with Gasteiger partial charge in [-0.15, -0.1) is 0 Å². The summed E-state index contributed by atoms with van der Waals surface area (Å²) in [5, 5.41) is 5.46. The van der Waals surface area contributed by atoms with Gasteiger partial charge in [-0.2, -0.15) is 4.98 Å². The number of anilines is 2. The molecule has 7 nitrogen and oxygen atoms in total. The second-order valence-electron chi connectivity index (χ2n) is 3.00. The van der Waals surface area contributed by atoms with E-state index in [0.29, 0.717) is 30.4 Å². The van der Waals surface area contributed by atoms with Gasteiger partial charge >= 0.3 is 0 Å². The van der Waals surface area contributed by atoms with E-state index in [-0.39, 0.29) is 5.91 Å². The van der Waals surface area contributed by atoms with Crippen molar-refractivity contribution in [3.8, 4) is 5.88 Å². The smallest absolute Gasteiger partial charge is 0.242 e. The number of nitrogens with one attached hydrogen (secondary N) is 2. The van der Waals surface area contributed by atoms with E-state index in [1.807, 2.05) is 0 Å². The molecule has 1 heterocycles. The summed E-state index contributed by atoms with van der Waals surface area (Å²) in [6, 6.07) is 0. The van der Waals surface area contributed by atoms with Crippen LogP contribution in [0, 0.1) is 0 Å². The van der Waals surface area contributed by atoms with Crippen molar-refractivity contribution in [2.75, 3.05) is 31.8 Å². The highest BCUT2D eigenvalue weighted by Crippen LogP contribution is 2.23. The molecule has 0 aliphatic rings. The largest absolute Gasteiger partial charge is 0.479 e. The third-order valence-electron chi connectivity index (χ3n) is 1.96. The molecule has 1 aromatic rings. The average Bonchev–Trinajstić information content (AvgIpc) is 2.31. The standard InChI is InChI=1S/C9H15N5O2/c1-11-6(15)3-4-12-8-7(10)9(16-2)14-5-13-8/h5H,3-4,10H2,1-2H3,(H,11,15)(H,12,13,14). The van der Waals surface area contributed by atoms with Crippen LogP contribution < -0.4 is 21.1 Å². The normalized spacial score (nSPS) is 9.62. The fraction of sp³-hybridized carbons (Fsp3) is 0.444. The second-order valence-corrected chi connectivity index (χ2v) is 3.00. The van der Waals surface area contributed by atoms with Crippen molar-refractivity contribution in [1.29, 1.82) is 0 Å². The van der Waals surface area contributed by atoms with Crippen LogP contribution in [0.4, 0.5) is 11.5 Å². The molecule has 0 aromatic carbocycles. The van der Waals surface area contributed by atoms with Gasteiger partial charge < -0.3 is 21.1 Å². The first-order valence-corrected chi connectivity index (χ1v) is 4.78. The minimum absolute atomic E-state index is 0.0490. The Morgan fingerprint density at radius 3 is 2.94 bits per heavy atom. The van der Waals surface area contributed by atoms with E-state index in [2.05, 4.69) is 20.6 Å². The molecular weight excluding hydrogens is 210 g/mol. The van der Waals surface area contributed by atoms with Gasteiger partial charge in [0.25, 0.3) is 0 Å². The Morgan fingerprint density at radius 2 is 2.31 bits per heavy atom. The van der Waals surface area contributed by atoms with Crippen molar-refractivity contribution in [3.05, 3.63) is 6.33 Å². The van der Waals surface area contributed by atoms with Crippen LogP contribution in [0.25, 0.3) is 0 Å². The first kappa shape index (κ1) is 12.0. The zero-order valence-electron chi connectivity index (χ0n) is 9.28. The fourth-order valence-electron chi connectivity index (χ4n) is 1.10. The Morgan fingerprint density at radius 1 is 1.56 bits per heavy atom. The van der Waals surface area contributed by atoms with Crippen LogP contribution in [0.2, 0.25) is 0 Å². The maximum Gasteiger partial charge on any atom is 0.242 e. The molecule has 0 fully saturated rings. The maximum atomic E-state index is 11.0. The van der Waals surface area contributed by atoms with Gasteiger partial charge in [0.05, 0.1) is 7.11 Å². The highest BCUT2D eigenvalue weighted by molar-refractivity contribution is 5.76. The molecule has 1 aromatic heterocycles. The number of methoxy groups -OCH3 is 1. The summed E-state index contributed by atoms with van der Waals surface area (Å²) in [5.41, 5.74) is 6.07. The number of nitrogens with two attached hydrogens (primary N) is 1. The van der Waals surface area contributed by atoms with E-state index >= 15 is 0 Å². The lowest BCUT2D eigenvalue weighted by Gasteiger charge is -2.09. The fourth-order valence-corrected chi connectivity index (χ4v) is 1.10. The monoisotopic (exact) mass is 225 g/mol. The topological polar surface area (TPSA) is 102 Å². The molecule has 1 rings (SSSR count). The van der Waals surface area contributed by atoms with Crippen LogP contribution in [0.5, 0.6) is 5.88 Å². The van der Waals surface area contributed by atoms with Gasteiger partial charge in [-0.3, -0.25) is 4.79 Å². The summed E-state index contributed by atoms with van der Waals surface area (Å²) in [6.07, 6.45) is 1.69. The molecule has 0 saturated heterocycles. The summed E-state index contributed by atoms with van der Waals surface area (Å²) in [6.45, 7) is 0.448. The second kappa shape index (κ2) is 5.74. The number of rotatable bonds is 5. The number of carbonyl (C=O) groups is 1. The quantitative estimate of drug-likeness (QED) is 0.631. The predicted octanol–water partition coefficient (Wildman–Crippen LogP) is -0.385. The van der Waals surface area contributed by atoms with Gasteiger partial charge in [-0.1, -0.05) is 0 Å². The zero-order chi connectivity index (χ0) is 12.0. The summed E-state index contributed by atoms with van der Waals surface area (Å²) in [7, 11) is 3.07. The Hall–Kier alpha value is -2.05. The maximum absolute atomic E-state index is 11.0. The van der Waals surface area contributed by atoms with Crippen molar-refractivity contribution in [2.24, 2.45) is 0 Å². The van der Waals surface area contributed by atoms with Crippen LogP contribution in [-0.4, -0.2) is 36.6 Å². The van der Waals surface area contributed by atoms with Gasteiger partial charge in [-0.25, -0.2) is 4.98 Å². The molecule has 1 amide bonds. The van der Waals surface area contributed by atoms with Gasteiger partial charge in [0.1, 0.15) is 12.0 Å². The van der Waals surface area contributed by atoms with Crippen LogP contribution in [0.3, 0.4) is 0 Å². The SMILES string of the molecule is CNC(=O)CCNc1ncnc(OC)c1N. The molecule has 0 aliphatic carbocycles. The average molecular weight is 225 g/mol. The molecule has 0 aliphatic heterocycles. The molecule has 0 saturated carbocycles. The van der Waals surface area contributed by atoms with Crippen LogP contribution in [0.15, 0.2) is 6.33 Å². The molecule has 0 spiro atoms. The lowest BCUT2D eigenvalue weighted by Crippen LogP contribution is -2.21. The van der Waals surface area contributed by atoms with E-state index in [0.717, 1.165) is 0 Å². The van der Waals surface area contributed by atoms with E-state index in [4.69, 9.17) is 10.5 Å². The molecule has 0 radical (unpaired) electrons. The van der Waals surface area contributed by atoms with Crippen molar-refractivity contribution < 1.29 is 9.53 Å². The third kappa shape index (κ3) is 2.97. The highest BCUT2D eigenvalue weighted by Gasteiger charge is 2.07. The van der Waals surface area contributed by atoms with Crippen molar-refractivity contribution >= 4 is 17.4 Å². The molecular formula is C9H15N5O2. The number of amides is 1. The Kier molecular flexibility index (Phi) is 4.31. The Balaban J connectivity index is 2.57. The van der Waals surface area contributed by atoms with E-state index in [1.165, 1.54) is 13.4 Å². The minimum Gasteiger partial charge on any atom is -0.479 e. The van der Waals surface area contributed by atoms with Gasteiger partial charge in [0.2, 0.25) is 11.8 Å². The number of nitrogen functional groups attached to an aromatic ring is 1. The van der Waals surface area contributed by atoms with Gasteiger partial charge in [0.15, 0.2) is 5.82 Å². The predicted molar refractivity (Wildman–Crippen MR) is 60.2 cm³/mol. The van der Waals surface area contributed by atoms with E-state index in [1.54, 1.807) is 7.05 Å². The number of nitrogens with zero attached hydrogens (tertiary/aromatic N) is 2. The minimum atomic E-state index is -0.0490. The number of hydrogen-bond donors (Lipinski definition) is 3.